The Labute approximate surface area is 136 Å². The van der Waals surface area contributed by atoms with Gasteiger partial charge >= 0.3 is 5.97 Å². The average molecular weight is 339 g/mol. The van der Waals surface area contributed by atoms with Gasteiger partial charge in [0, 0.05) is 12.0 Å². The zero-order chi connectivity index (χ0) is 16.8. The van der Waals surface area contributed by atoms with E-state index in [2.05, 4.69) is 0 Å². The van der Waals surface area contributed by atoms with Crippen molar-refractivity contribution in [2.45, 2.75) is 12.8 Å². The number of carbonyl (C=O) groups excluding carboxylic acids is 2. The van der Waals surface area contributed by atoms with E-state index in [-0.39, 0.29) is 29.4 Å². The molecule has 0 aromatic heterocycles. The molecule has 2 aromatic rings. The lowest BCUT2D eigenvalue weighted by Crippen LogP contribution is -2.09. The van der Waals surface area contributed by atoms with Crippen LogP contribution in [0.4, 0.5) is 8.78 Å². The number of rotatable bonds is 6. The van der Waals surface area contributed by atoms with Gasteiger partial charge in [0.1, 0.15) is 0 Å². The van der Waals surface area contributed by atoms with Crippen molar-refractivity contribution in [2.24, 2.45) is 0 Å². The Morgan fingerprint density at radius 1 is 1.04 bits per heavy atom. The van der Waals surface area contributed by atoms with Crippen LogP contribution in [0.15, 0.2) is 42.5 Å². The lowest BCUT2D eigenvalue weighted by atomic mass is 10.1. The first-order valence-corrected chi connectivity index (χ1v) is 7.26. The van der Waals surface area contributed by atoms with Gasteiger partial charge in [0.25, 0.3) is 0 Å². The van der Waals surface area contributed by atoms with Crippen molar-refractivity contribution < 1.29 is 23.1 Å². The highest BCUT2D eigenvalue weighted by molar-refractivity contribution is 6.33. The van der Waals surface area contributed by atoms with Gasteiger partial charge in [-0.15, -0.1) is 0 Å². The normalized spacial score (nSPS) is 10.4. The number of Topliss-reactive ketones (excluding diaryl/α,β-unsaturated/α-hetero) is 1. The minimum absolute atomic E-state index is 0.0211. The maximum absolute atomic E-state index is 13.1. The Balaban J connectivity index is 1.84. The van der Waals surface area contributed by atoms with E-state index in [1.807, 2.05) is 6.07 Å². The average Bonchev–Trinajstić information content (AvgIpc) is 2.55. The van der Waals surface area contributed by atoms with Crippen LogP contribution in [0, 0.1) is 11.6 Å². The number of ketones is 1. The predicted molar refractivity (Wildman–Crippen MR) is 81.7 cm³/mol. The van der Waals surface area contributed by atoms with Crippen molar-refractivity contribution >= 4 is 23.4 Å². The highest BCUT2D eigenvalue weighted by Gasteiger charge is 2.16. The number of hydrogen-bond acceptors (Lipinski definition) is 3. The monoisotopic (exact) mass is 338 g/mol. The molecule has 0 unspecified atom stereocenters. The third kappa shape index (κ3) is 4.60. The van der Waals surface area contributed by atoms with Crippen LogP contribution in [-0.2, 0) is 4.74 Å². The second kappa shape index (κ2) is 7.83. The van der Waals surface area contributed by atoms with Crippen LogP contribution in [-0.4, -0.2) is 18.4 Å². The minimum Gasteiger partial charge on any atom is -0.462 e. The predicted octanol–water partition coefficient (Wildman–Crippen LogP) is 4.44. The Bertz CT molecular complexity index is 717. The summed E-state index contributed by atoms with van der Waals surface area (Å²) >= 11 is 5.68. The number of halogens is 3. The van der Waals surface area contributed by atoms with Gasteiger partial charge in [0.05, 0.1) is 17.2 Å². The molecule has 0 N–H and O–H groups in total. The van der Waals surface area contributed by atoms with E-state index in [0.29, 0.717) is 24.1 Å². The summed E-state index contributed by atoms with van der Waals surface area (Å²) in [5.41, 5.74) is 0.336. The van der Waals surface area contributed by atoms with E-state index in [1.165, 1.54) is 0 Å². The molecule has 0 atom stereocenters. The molecule has 3 nitrogen and oxygen atoms in total. The lowest BCUT2D eigenvalue weighted by Gasteiger charge is -2.07. The molecular weight excluding hydrogens is 326 g/mol. The summed E-state index contributed by atoms with van der Waals surface area (Å²) in [6.45, 7) is -0.0211. The van der Waals surface area contributed by atoms with E-state index in [9.17, 15) is 18.4 Å². The van der Waals surface area contributed by atoms with Gasteiger partial charge in [-0.2, -0.15) is 0 Å². The summed E-state index contributed by atoms with van der Waals surface area (Å²) in [6, 6.07) is 10.1. The first-order chi connectivity index (χ1) is 11.0. The minimum atomic E-state index is -1.18. The van der Waals surface area contributed by atoms with Crippen molar-refractivity contribution in [3.8, 4) is 0 Å². The Hall–Kier alpha value is -2.27. The molecule has 0 radical (unpaired) electrons. The fraction of sp³-hybridized carbons (Fsp3) is 0.176. The van der Waals surface area contributed by atoms with Crippen LogP contribution in [0.1, 0.15) is 33.6 Å². The van der Waals surface area contributed by atoms with Crippen LogP contribution < -0.4 is 0 Å². The topological polar surface area (TPSA) is 43.4 Å². The van der Waals surface area contributed by atoms with Crippen molar-refractivity contribution in [3.63, 3.8) is 0 Å². The quantitative estimate of drug-likeness (QED) is 0.338. The third-order valence-corrected chi connectivity index (χ3v) is 3.42. The second-order valence-corrected chi connectivity index (χ2v) is 5.18. The van der Waals surface area contributed by atoms with Crippen LogP contribution >= 0.6 is 11.6 Å². The molecule has 0 amide bonds. The maximum atomic E-state index is 13.1. The zero-order valence-corrected chi connectivity index (χ0v) is 12.8. The van der Waals surface area contributed by atoms with Crippen LogP contribution in [0.5, 0.6) is 0 Å². The number of esters is 1. The second-order valence-electron chi connectivity index (χ2n) is 4.77. The molecule has 0 aliphatic heterocycles. The molecule has 0 bridgehead atoms. The fourth-order valence-electron chi connectivity index (χ4n) is 1.92. The van der Waals surface area contributed by atoms with Gasteiger partial charge in [0.2, 0.25) is 0 Å². The summed E-state index contributed by atoms with van der Waals surface area (Å²) < 4.78 is 31.0. The Kier molecular flexibility index (Phi) is 5.82. The standard InChI is InChI=1S/C17H13ClF2O3/c18-13-10-15(20)14(19)9-12(13)17(22)23-8-4-7-16(21)11-5-2-1-3-6-11/h1-3,5-6,9-10H,4,7-8H2. The molecule has 0 aliphatic carbocycles. The molecule has 0 spiro atoms. The highest BCUT2D eigenvalue weighted by Crippen LogP contribution is 2.21. The number of benzene rings is 2. The van der Waals surface area contributed by atoms with Gasteiger partial charge in [0.15, 0.2) is 17.4 Å². The zero-order valence-electron chi connectivity index (χ0n) is 12.0. The Morgan fingerprint density at radius 3 is 2.39 bits per heavy atom. The molecular formula is C17H13ClF2O3. The highest BCUT2D eigenvalue weighted by atomic mass is 35.5. The molecule has 0 saturated heterocycles. The lowest BCUT2D eigenvalue weighted by molar-refractivity contribution is 0.0493. The van der Waals surface area contributed by atoms with E-state index >= 15 is 0 Å². The van der Waals surface area contributed by atoms with Gasteiger partial charge in [-0.1, -0.05) is 41.9 Å². The molecule has 2 aromatic carbocycles. The van der Waals surface area contributed by atoms with Crippen molar-refractivity contribution in [1.82, 2.24) is 0 Å². The summed E-state index contributed by atoms with van der Waals surface area (Å²) in [5, 5.41) is -0.228. The molecule has 2 rings (SSSR count). The first kappa shape index (κ1) is 17.1. The number of ether oxygens (including phenoxy) is 1. The van der Waals surface area contributed by atoms with E-state index in [1.54, 1.807) is 24.3 Å². The molecule has 23 heavy (non-hydrogen) atoms. The largest absolute Gasteiger partial charge is 0.462 e. The molecule has 120 valence electrons. The summed E-state index contributed by atoms with van der Waals surface area (Å²) in [7, 11) is 0. The smallest absolute Gasteiger partial charge is 0.339 e. The van der Waals surface area contributed by atoms with E-state index < -0.39 is 17.6 Å². The maximum Gasteiger partial charge on any atom is 0.339 e. The molecule has 0 aliphatic rings. The fourth-order valence-corrected chi connectivity index (χ4v) is 2.15. The van der Waals surface area contributed by atoms with Crippen LogP contribution in [0.3, 0.4) is 0 Å². The molecule has 0 fully saturated rings. The molecule has 0 saturated carbocycles. The molecule has 0 heterocycles. The van der Waals surface area contributed by atoms with Crippen LogP contribution in [0.2, 0.25) is 5.02 Å². The summed E-state index contributed by atoms with van der Waals surface area (Å²) in [5.74, 6) is -3.24. The van der Waals surface area contributed by atoms with Crippen molar-refractivity contribution in [3.05, 3.63) is 70.2 Å². The Morgan fingerprint density at radius 2 is 1.70 bits per heavy atom. The van der Waals surface area contributed by atoms with E-state index in [4.69, 9.17) is 16.3 Å². The SMILES string of the molecule is O=C(CCCOC(=O)c1cc(F)c(F)cc1Cl)c1ccccc1. The number of carbonyl (C=O) groups is 2. The van der Waals surface area contributed by atoms with Crippen molar-refractivity contribution in [2.75, 3.05) is 6.61 Å². The van der Waals surface area contributed by atoms with Gasteiger partial charge < -0.3 is 4.74 Å². The molecule has 6 heteroatoms. The van der Waals surface area contributed by atoms with Gasteiger partial charge in [-0.05, 0) is 18.6 Å². The third-order valence-electron chi connectivity index (χ3n) is 3.11. The van der Waals surface area contributed by atoms with Gasteiger partial charge in [-0.25, -0.2) is 13.6 Å². The van der Waals surface area contributed by atoms with Crippen molar-refractivity contribution in [1.29, 1.82) is 0 Å². The van der Waals surface area contributed by atoms with Gasteiger partial charge in [-0.3, -0.25) is 4.79 Å². The van der Waals surface area contributed by atoms with E-state index in [0.717, 1.165) is 0 Å². The number of hydrogen-bond donors (Lipinski definition) is 0. The summed E-state index contributed by atoms with van der Waals surface area (Å²) in [4.78, 5) is 23.6. The first-order valence-electron chi connectivity index (χ1n) is 6.89. The van der Waals surface area contributed by atoms with Crippen LogP contribution in [0.25, 0.3) is 0 Å². The summed E-state index contributed by atoms with van der Waals surface area (Å²) in [6.07, 6.45) is 0.531.